The van der Waals surface area contributed by atoms with Crippen molar-refractivity contribution in [2.45, 2.75) is 59.8 Å². The minimum absolute atomic E-state index is 0.387. The molecule has 1 aromatic heterocycles. The van der Waals surface area contributed by atoms with E-state index < -0.39 is 0 Å². The van der Waals surface area contributed by atoms with Gasteiger partial charge in [-0.3, -0.25) is 9.48 Å². The van der Waals surface area contributed by atoms with E-state index in [1.54, 1.807) is 0 Å². The van der Waals surface area contributed by atoms with E-state index >= 15 is 0 Å². The number of rotatable bonds is 7. The fraction of sp³-hybridized carbons (Fsp3) is 0.733. The molecule has 1 aromatic rings. The van der Waals surface area contributed by atoms with E-state index in [1.807, 2.05) is 18.7 Å². The van der Waals surface area contributed by atoms with Crippen LogP contribution >= 0.6 is 0 Å². The van der Waals surface area contributed by atoms with Crippen molar-refractivity contribution >= 4 is 5.78 Å². The highest BCUT2D eigenvalue weighted by Gasteiger charge is 2.11. The Labute approximate surface area is 111 Å². The molecule has 0 atom stereocenters. The van der Waals surface area contributed by atoms with Crippen LogP contribution in [-0.4, -0.2) is 15.6 Å². The molecule has 0 spiro atoms. The van der Waals surface area contributed by atoms with Gasteiger partial charge in [0.1, 0.15) is 5.78 Å². The number of hydrogen-bond donors (Lipinski definition) is 0. The molecule has 3 heteroatoms. The molecule has 0 unspecified atom stereocenters. The SMILES string of the molecule is Cc1nn(C)c(C)c1CCC(=O)CCCC(C)C. The van der Waals surface area contributed by atoms with Crippen LogP contribution in [0.25, 0.3) is 0 Å². The highest BCUT2D eigenvalue weighted by atomic mass is 16.1. The first-order valence-corrected chi connectivity index (χ1v) is 6.92. The lowest BCUT2D eigenvalue weighted by Crippen LogP contribution is -2.02. The Balaban J connectivity index is 2.38. The topological polar surface area (TPSA) is 34.9 Å². The van der Waals surface area contributed by atoms with Crippen LogP contribution in [0.2, 0.25) is 0 Å². The molecule has 1 rings (SSSR count). The molecular formula is C15H26N2O. The van der Waals surface area contributed by atoms with E-state index in [9.17, 15) is 4.79 Å². The summed E-state index contributed by atoms with van der Waals surface area (Å²) in [4.78, 5) is 11.8. The van der Waals surface area contributed by atoms with Gasteiger partial charge in [0.2, 0.25) is 0 Å². The molecule has 0 aliphatic rings. The standard InChI is InChI=1S/C15H26N2O/c1-11(2)7-6-8-14(18)9-10-15-12(3)16-17(5)13(15)4/h11H,6-10H2,1-5H3. The first-order chi connectivity index (χ1) is 8.41. The minimum atomic E-state index is 0.387. The van der Waals surface area contributed by atoms with Crippen molar-refractivity contribution in [1.82, 2.24) is 9.78 Å². The monoisotopic (exact) mass is 250 g/mol. The van der Waals surface area contributed by atoms with Gasteiger partial charge >= 0.3 is 0 Å². The van der Waals surface area contributed by atoms with Crippen LogP contribution in [-0.2, 0) is 18.3 Å². The molecular weight excluding hydrogens is 224 g/mol. The van der Waals surface area contributed by atoms with E-state index in [2.05, 4.69) is 25.9 Å². The Kier molecular flexibility index (Phi) is 5.57. The zero-order valence-corrected chi connectivity index (χ0v) is 12.4. The van der Waals surface area contributed by atoms with Crippen LogP contribution in [0, 0.1) is 19.8 Å². The second kappa shape index (κ2) is 6.72. The molecule has 0 aromatic carbocycles. The van der Waals surface area contributed by atoms with Gasteiger partial charge in [-0.25, -0.2) is 0 Å². The fourth-order valence-electron chi connectivity index (χ4n) is 2.28. The molecule has 0 radical (unpaired) electrons. The van der Waals surface area contributed by atoms with Crippen LogP contribution in [0.4, 0.5) is 0 Å². The van der Waals surface area contributed by atoms with Gasteiger partial charge in [-0.05, 0) is 38.2 Å². The molecule has 3 nitrogen and oxygen atoms in total. The van der Waals surface area contributed by atoms with Crippen LogP contribution in [0.5, 0.6) is 0 Å². The lowest BCUT2D eigenvalue weighted by atomic mass is 10.0. The molecule has 0 fully saturated rings. The predicted molar refractivity (Wildman–Crippen MR) is 74.7 cm³/mol. The van der Waals surface area contributed by atoms with Gasteiger partial charge in [-0.15, -0.1) is 0 Å². The van der Waals surface area contributed by atoms with Crippen molar-refractivity contribution in [2.24, 2.45) is 13.0 Å². The minimum Gasteiger partial charge on any atom is -0.300 e. The average molecular weight is 250 g/mol. The normalized spacial score (nSPS) is 11.2. The van der Waals surface area contributed by atoms with Crippen molar-refractivity contribution < 1.29 is 4.79 Å². The average Bonchev–Trinajstić information content (AvgIpc) is 2.50. The number of carbonyl (C=O) groups excluding carboxylic acids is 1. The van der Waals surface area contributed by atoms with Gasteiger partial charge in [-0.1, -0.05) is 20.3 Å². The summed E-state index contributed by atoms with van der Waals surface area (Å²) in [6.07, 6.45) is 4.41. The highest BCUT2D eigenvalue weighted by Crippen LogP contribution is 2.15. The van der Waals surface area contributed by atoms with Crippen molar-refractivity contribution in [1.29, 1.82) is 0 Å². The van der Waals surface area contributed by atoms with Gasteiger partial charge in [0.25, 0.3) is 0 Å². The molecule has 0 bridgehead atoms. The van der Waals surface area contributed by atoms with Crippen molar-refractivity contribution in [3.8, 4) is 0 Å². The van der Waals surface area contributed by atoms with Gasteiger partial charge < -0.3 is 0 Å². The smallest absolute Gasteiger partial charge is 0.133 e. The highest BCUT2D eigenvalue weighted by molar-refractivity contribution is 5.78. The van der Waals surface area contributed by atoms with Crippen molar-refractivity contribution in [3.63, 3.8) is 0 Å². The summed E-state index contributed by atoms with van der Waals surface area (Å²) in [7, 11) is 1.95. The third-order valence-corrected chi connectivity index (χ3v) is 3.55. The number of aromatic nitrogens is 2. The summed E-state index contributed by atoms with van der Waals surface area (Å²) in [5, 5.41) is 4.38. The number of ketones is 1. The van der Waals surface area contributed by atoms with Gasteiger partial charge in [0, 0.05) is 25.6 Å². The summed E-state index contributed by atoms with van der Waals surface area (Å²) >= 11 is 0. The van der Waals surface area contributed by atoms with Crippen LogP contribution in [0.1, 0.15) is 56.5 Å². The molecule has 18 heavy (non-hydrogen) atoms. The number of nitrogens with zero attached hydrogens (tertiary/aromatic N) is 2. The molecule has 0 aliphatic carbocycles. The van der Waals surface area contributed by atoms with Crippen LogP contribution < -0.4 is 0 Å². The Morgan fingerprint density at radius 3 is 2.44 bits per heavy atom. The zero-order valence-electron chi connectivity index (χ0n) is 12.4. The Hall–Kier alpha value is -1.12. The molecule has 1 heterocycles. The summed E-state index contributed by atoms with van der Waals surface area (Å²) in [5.74, 6) is 1.08. The van der Waals surface area contributed by atoms with E-state index in [4.69, 9.17) is 0 Å². The van der Waals surface area contributed by atoms with Crippen LogP contribution in [0.15, 0.2) is 0 Å². The lowest BCUT2D eigenvalue weighted by Gasteiger charge is -2.04. The molecule has 0 saturated carbocycles. The van der Waals surface area contributed by atoms with E-state index in [0.29, 0.717) is 18.1 Å². The van der Waals surface area contributed by atoms with E-state index in [-0.39, 0.29) is 0 Å². The molecule has 0 amide bonds. The maximum atomic E-state index is 11.8. The quantitative estimate of drug-likeness (QED) is 0.743. The predicted octanol–water partition coefficient (Wildman–Crippen LogP) is 3.36. The Morgan fingerprint density at radius 2 is 1.94 bits per heavy atom. The molecule has 0 N–H and O–H groups in total. The Bertz CT molecular complexity index is 405. The third-order valence-electron chi connectivity index (χ3n) is 3.55. The third kappa shape index (κ3) is 4.28. The summed E-state index contributed by atoms with van der Waals surface area (Å²) in [5.41, 5.74) is 3.49. The van der Waals surface area contributed by atoms with E-state index in [0.717, 1.165) is 31.4 Å². The van der Waals surface area contributed by atoms with Gasteiger partial charge in [0.15, 0.2) is 0 Å². The Morgan fingerprint density at radius 1 is 1.28 bits per heavy atom. The summed E-state index contributed by atoms with van der Waals surface area (Å²) < 4.78 is 1.90. The first kappa shape index (κ1) is 14.9. The number of carbonyl (C=O) groups is 1. The second-order valence-electron chi connectivity index (χ2n) is 5.60. The van der Waals surface area contributed by atoms with E-state index in [1.165, 1.54) is 11.3 Å². The van der Waals surface area contributed by atoms with Crippen molar-refractivity contribution in [2.75, 3.05) is 0 Å². The molecule has 0 saturated heterocycles. The molecule has 102 valence electrons. The van der Waals surface area contributed by atoms with Crippen molar-refractivity contribution in [3.05, 3.63) is 17.0 Å². The maximum absolute atomic E-state index is 11.8. The number of Topliss-reactive ketones (excluding diaryl/α,β-unsaturated/α-hetero) is 1. The van der Waals surface area contributed by atoms with Gasteiger partial charge in [0.05, 0.1) is 5.69 Å². The first-order valence-electron chi connectivity index (χ1n) is 6.92. The number of hydrogen-bond acceptors (Lipinski definition) is 2. The lowest BCUT2D eigenvalue weighted by molar-refractivity contribution is -0.119. The largest absolute Gasteiger partial charge is 0.300 e. The second-order valence-corrected chi connectivity index (χ2v) is 5.60. The summed E-state index contributed by atoms with van der Waals surface area (Å²) in [6.45, 7) is 8.49. The molecule has 0 aliphatic heterocycles. The van der Waals surface area contributed by atoms with Gasteiger partial charge in [-0.2, -0.15) is 5.10 Å². The fourth-order valence-corrected chi connectivity index (χ4v) is 2.28. The summed E-state index contributed by atoms with van der Waals surface area (Å²) in [6, 6.07) is 0. The maximum Gasteiger partial charge on any atom is 0.133 e. The number of aryl methyl sites for hydroxylation is 2. The van der Waals surface area contributed by atoms with Crippen LogP contribution in [0.3, 0.4) is 0 Å². The zero-order chi connectivity index (χ0) is 13.7.